The molecular formula is C19H24O2. The van der Waals surface area contributed by atoms with Crippen molar-refractivity contribution in [3.05, 3.63) is 72.9 Å². The third kappa shape index (κ3) is 8.77. The molecule has 0 heterocycles. The van der Waals surface area contributed by atoms with Gasteiger partial charge in [0.05, 0.1) is 12.7 Å². The minimum Gasteiger partial charge on any atom is -0.373 e. The molecule has 1 rings (SSSR count). The van der Waals surface area contributed by atoms with Gasteiger partial charge in [-0.15, -0.1) is 6.58 Å². The molecule has 1 unspecified atom stereocenters. The van der Waals surface area contributed by atoms with Gasteiger partial charge in [-0.2, -0.15) is 0 Å². The third-order valence-electron chi connectivity index (χ3n) is 2.99. The average Bonchev–Trinajstić information content (AvgIpc) is 2.49. The van der Waals surface area contributed by atoms with Crippen LogP contribution in [0.2, 0.25) is 0 Å². The van der Waals surface area contributed by atoms with Crippen molar-refractivity contribution in [2.24, 2.45) is 0 Å². The van der Waals surface area contributed by atoms with Crippen molar-refractivity contribution in [3.8, 4) is 0 Å². The fourth-order valence-electron chi connectivity index (χ4n) is 1.89. The molecule has 0 radical (unpaired) electrons. The SMILES string of the molecule is C=CCC(CC/C=C/C=C/C(C)=O)OCc1ccccc1. The Kier molecular flexibility index (Phi) is 8.81. The van der Waals surface area contributed by atoms with E-state index in [-0.39, 0.29) is 11.9 Å². The van der Waals surface area contributed by atoms with E-state index in [0.29, 0.717) is 6.61 Å². The number of carbonyl (C=O) groups excluding carboxylic acids is 1. The number of ether oxygens (including phenoxy) is 1. The smallest absolute Gasteiger partial charge is 0.152 e. The standard InChI is InChI=1S/C19H24O2/c1-3-11-19(15-10-5-4-7-12-17(2)20)21-16-18-13-8-6-9-14-18/h3-9,12-14,19H,1,10-11,15-16H2,2H3/b5-4+,12-7+. The molecule has 0 aliphatic rings. The predicted octanol–water partition coefficient (Wildman–Crippen LogP) is 4.63. The lowest BCUT2D eigenvalue weighted by Gasteiger charge is -2.15. The Bertz CT molecular complexity index is 472. The van der Waals surface area contributed by atoms with Gasteiger partial charge in [0.1, 0.15) is 0 Å². The molecule has 112 valence electrons. The van der Waals surface area contributed by atoms with Gasteiger partial charge < -0.3 is 4.74 Å². The van der Waals surface area contributed by atoms with Crippen molar-refractivity contribution < 1.29 is 9.53 Å². The van der Waals surface area contributed by atoms with Gasteiger partial charge >= 0.3 is 0 Å². The van der Waals surface area contributed by atoms with Crippen molar-refractivity contribution in [1.29, 1.82) is 0 Å². The molecule has 0 saturated carbocycles. The lowest BCUT2D eigenvalue weighted by molar-refractivity contribution is -0.112. The van der Waals surface area contributed by atoms with Crippen molar-refractivity contribution in [1.82, 2.24) is 0 Å². The van der Waals surface area contributed by atoms with Crippen LogP contribution in [-0.2, 0) is 16.1 Å². The second kappa shape index (κ2) is 10.8. The predicted molar refractivity (Wildman–Crippen MR) is 88.0 cm³/mol. The maximum absolute atomic E-state index is 10.7. The number of carbonyl (C=O) groups is 1. The maximum Gasteiger partial charge on any atom is 0.152 e. The summed E-state index contributed by atoms with van der Waals surface area (Å²) in [5, 5.41) is 0. The fourth-order valence-corrected chi connectivity index (χ4v) is 1.89. The molecule has 0 fully saturated rings. The summed E-state index contributed by atoms with van der Waals surface area (Å²) in [6.45, 7) is 5.96. The van der Waals surface area contributed by atoms with Gasteiger partial charge in [0.15, 0.2) is 5.78 Å². The molecular weight excluding hydrogens is 260 g/mol. The Morgan fingerprint density at radius 3 is 2.71 bits per heavy atom. The van der Waals surface area contributed by atoms with Gasteiger partial charge in [0.2, 0.25) is 0 Å². The largest absolute Gasteiger partial charge is 0.373 e. The maximum atomic E-state index is 10.7. The second-order valence-corrected chi connectivity index (χ2v) is 4.92. The Labute approximate surface area is 127 Å². The molecule has 0 aromatic heterocycles. The van der Waals surface area contributed by atoms with Gasteiger partial charge in [-0.3, -0.25) is 4.79 Å². The number of hydrogen-bond acceptors (Lipinski definition) is 2. The monoisotopic (exact) mass is 284 g/mol. The number of hydrogen-bond donors (Lipinski definition) is 0. The van der Waals surface area contributed by atoms with Crippen molar-refractivity contribution in [3.63, 3.8) is 0 Å². The first-order chi connectivity index (χ1) is 10.2. The highest BCUT2D eigenvalue weighted by atomic mass is 16.5. The summed E-state index contributed by atoms with van der Waals surface area (Å²) in [7, 11) is 0. The average molecular weight is 284 g/mol. The first-order valence-corrected chi connectivity index (χ1v) is 7.32. The lowest BCUT2D eigenvalue weighted by Crippen LogP contribution is -2.11. The van der Waals surface area contributed by atoms with Crippen LogP contribution in [0.4, 0.5) is 0 Å². The van der Waals surface area contributed by atoms with E-state index < -0.39 is 0 Å². The number of rotatable bonds is 10. The Balaban J connectivity index is 2.32. The molecule has 0 N–H and O–H groups in total. The number of allylic oxidation sites excluding steroid dienone is 4. The van der Waals surface area contributed by atoms with Gasteiger partial charge in [0.25, 0.3) is 0 Å². The highest BCUT2D eigenvalue weighted by Gasteiger charge is 2.06. The van der Waals surface area contributed by atoms with E-state index in [0.717, 1.165) is 19.3 Å². The van der Waals surface area contributed by atoms with E-state index in [1.54, 1.807) is 19.1 Å². The molecule has 0 amide bonds. The van der Waals surface area contributed by atoms with Crippen molar-refractivity contribution in [2.45, 2.75) is 38.9 Å². The Hall–Kier alpha value is -1.93. The highest BCUT2D eigenvalue weighted by molar-refractivity contribution is 5.87. The van der Waals surface area contributed by atoms with E-state index >= 15 is 0 Å². The molecule has 0 bridgehead atoms. The molecule has 1 aromatic rings. The Morgan fingerprint density at radius 1 is 1.29 bits per heavy atom. The highest BCUT2D eigenvalue weighted by Crippen LogP contribution is 2.12. The molecule has 21 heavy (non-hydrogen) atoms. The fraction of sp³-hybridized carbons (Fsp3) is 0.316. The summed E-state index contributed by atoms with van der Waals surface area (Å²) in [5.74, 6) is 0.0652. The van der Waals surface area contributed by atoms with Gasteiger partial charge in [-0.05, 0) is 37.8 Å². The van der Waals surface area contributed by atoms with Crippen LogP contribution in [0.1, 0.15) is 31.7 Å². The summed E-state index contributed by atoms with van der Waals surface area (Å²) in [6.07, 6.45) is 12.1. The van der Waals surface area contributed by atoms with Crippen LogP contribution in [0.3, 0.4) is 0 Å². The van der Waals surface area contributed by atoms with Gasteiger partial charge in [-0.1, -0.05) is 54.6 Å². The Morgan fingerprint density at radius 2 is 2.05 bits per heavy atom. The van der Waals surface area contributed by atoms with Crippen LogP contribution in [-0.4, -0.2) is 11.9 Å². The van der Waals surface area contributed by atoms with Crippen LogP contribution < -0.4 is 0 Å². The molecule has 2 heteroatoms. The van der Waals surface area contributed by atoms with E-state index in [1.165, 1.54) is 5.56 Å². The quantitative estimate of drug-likeness (QED) is 0.356. The topological polar surface area (TPSA) is 26.3 Å². The van der Waals surface area contributed by atoms with Crippen LogP contribution >= 0.6 is 0 Å². The minimum absolute atomic E-state index is 0.0652. The summed E-state index contributed by atoms with van der Waals surface area (Å²) in [5.41, 5.74) is 1.19. The van der Waals surface area contributed by atoms with Gasteiger partial charge in [-0.25, -0.2) is 0 Å². The van der Waals surface area contributed by atoms with Crippen LogP contribution in [0.15, 0.2) is 67.3 Å². The lowest BCUT2D eigenvalue weighted by atomic mass is 10.1. The van der Waals surface area contributed by atoms with Crippen molar-refractivity contribution in [2.75, 3.05) is 0 Å². The number of ketones is 1. The zero-order valence-electron chi connectivity index (χ0n) is 12.7. The summed E-state index contributed by atoms with van der Waals surface area (Å²) in [4.78, 5) is 10.7. The molecule has 1 aromatic carbocycles. The third-order valence-corrected chi connectivity index (χ3v) is 2.99. The number of benzene rings is 1. The first-order valence-electron chi connectivity index (χ1n) is 7.32. The molecule has 0 spiro atoms. The summed E-state index contributed by atoms with van der Waals surface area (Å²) < 4.78 is 5.94. The van der Waals surface area contributed by atoms with E-state index in [4.69, 9.17) is 4.74 Å². The molecule has 1 atom stereocenters. The summed E-state index contributed by atoms with van der Waals surface area (Å²) in [6, 6.07) is 10.2. The second-order valence-electron chi connectivity index (χ2n) is 4.92. The van der Waals surface area contributed by atoms with E-state index in [1.807, 2.05) is 30.4 Å². The molecule has 0 aliphatic heterocycles. The summed E-state index contributed by atoms with van der Waals surface area (Å²) >= 11 is 0. The van der Waals surface area contributed by atoms with E-state index in [2.05, 4.69) is 24.8 Å². The molecule has 0 aliphatic carbocycles. The van der Waals surface area contributed by atoms with Crippen LogP contribution in [0.25, 0.3) is 0 Å². The minimum atomic E-state index is 0.0652. The van der Waals surface area contributed by atoms with E-state index in [9.17, 15) is 4.79 Å². The first kappa shape index (κ1) is 17.1. The van der Waals surface area contributed by atoms with Crippen molar-refractivity contribution >= 4 is 5.78 Å². The normalized spacial score (nSPS) is 12.8. The zero-order chi connectivity index (χ0) is 15.3. The van der Waals surface area contributed by atoms with Crippen LogP contribution in [0.5, 0.6) is 0 Å². The van der Waals surface area contributed by atoms with Gasteiger partial charge in [0, 0.05) is 0 Å². The van der Waals surface area contributed by atoms with Crippen LogP contribution in [0, 0.1) is 0 Å². The zero-order valence-corrected chi connectivity index (χ0v) is 12.7. The molecule has 2 nitrogen and oxygen atoms in total. The molecule has 0 saturated heterocycles.